The summed E-state index contributed by atoms with van der Waals surface area (Å²) in [6, 6.07) is 1.86. The molecule has 0 spiro atoms. The zero-order valence-electron chi connectivity index (χ0n) is 65.1. The third-order valence-corrected chi connectivity index (χ3v) is 23.5. The SMILES string of the molecule is CCC1(CC)O[C@@H](N2C=CC(=O)CC2=O)C(F)(F)[C@@H]1C.CC[C@@]1(CF)O[C@@H](N2C=CC(=N)CC2=O)C(F)(F)[C@@H]1C.CC[C@@]1(CF)O[C@@H](N2C=CC(=O)CC2=O)C(F)(F)[C@@H]1C.C[C@@H]1C(CO)(CO)O[C@@H](n2ccc(=O)[nH]c2=O)C1(F)F.C[C@@H]1[C@@H](CO)O[C@@H](n2ccc(=O)[nH]c2=O)C1(F)F.C[C@H]1C(F)(F)[C@H](N2C=CC(=O)CC2=O)O[C@@]1(CO)CF. The fourth-order valence-electron chi connectivity index (χ4n) is 14.7. The predicted molar refractivity (Wildman–Crippen MR) is 377 cm³/mol. The Morgan fingerprint density at radius 1 is 0.390 bits per heavy atom. The van der Waals surface area contributed by atoms with E-state index in [1.165, 1.54) is 33.8 Å². The van der Waals surface area contributed by atoms with Gasteiger partial charge in [0.15, 0.2) is 17.3 Å². The third kappa shape index (κ3) is 17.9. The quantitative estimate of drug-likeness (QED) is 0.0663. The van der Waals surface area contributed by atoms with Gasteiger partial charge in [0.1, 0.15) is 42.4 Å². The van der Waals surface area contributed by atoms with E-state index in [1.807, 2.05) is 9.97 Å². The Kier molecular flexibility index (Phi) is 29.8. The molecule has 0 saturated carbocycles. The molecular formula is C73H92F15N9O21. The van der Waals surface area contributed by atoms with E-state index in [1.54, 1.807) is 27.7 Å². The van der Waals surface area contributed by atoms with Crippen molar-refractivity contribution in [3.63, 3.8) is 0 Å². The van der Waals surface area contributed by atoms with Gasteiger partial charge in [-0.1, -0.05) is 69.2 Å². The van der Waals surface area contributed by atoms with Crippen molar-refractivity contribution in [2.75, 3.05) is 46.5 Å². The number of allylic oxidation sites excluding steroid dienone is 4. The second-order valence-electron chi connectivity index (χ2n) is 29.8. The van der Waals surface area contributed by atoms with E-state index in [2.05, 4.69) is 0 Å². The summed E-state index contributed by atoms with van der Waals surface area (Å²) in [5, 5.41) is 43.9. The Labute approximate surface area is 662 Å². The number of aliphatic hydroxyl groups excluding tert-OH is 4. The molecule has 4 amide bonds. The summed E-state index contributed by atoms with van der Waals surface area (Å²) < 4.78 is 243. The molecule has 0 aromatic carbocycles. The lowest BCUT2D eigenvalue weighted by Gasteiger charge is -2.32. The molecule has 0 radical (unpaired) electrons. The number of hydrogen-bond acceptors (Lipinski definition) is 22. The van der Waals surface area contributed by atoms with Crippen LogP contribution < -0.4 is 22.5 Å². The van der Waals surface area contributed by atoms with Crippen LogP contribution in [0.15, 0.2) is 92.8 Å². The maximum Gasteiger partial charge on any atom is 0.330 e. The van der Waals surface area contributed by atoms with Crippen LogP contribution in [0.5, 0.6) is 0 Å². The number of amides is 4. The zero-order valence-corrected chi connectivity index (χ0v) is 65.1. The molecule has 12 heterocycles. The first kappa shape index (κ1) is 96.6. The van der Waals surface area contributed by atoms with E-state index in [4.69, 9.17) is 44.0 Å². The highest BCUT2D eigenvalue weighted by atomic mass is 19.3. The lowest BCUT2D eigenvalue weighted by molar-refractivity contribution is -0.178. The van der Waals surface area contributed by atoms with E-state index in [0.717, 1.165) is 91.2 Å². The van der Waals surface area contributed by atoms with Crippen molar-refractivity contribution in [3.8, 4) is 0 Å². The van der Waals surface area contributed by atoms with Gasteiger partial charge in [-0.25, -0.2) is 75.4 Å². The molecule has 7 N–H and O–H groups in total. The normalized spacial score (nSPS) is 33.4. The zero-order chi connectivity index (χ0) is 89.1. The minimum Gasteiger partial charge on any atom is -0.394 e. The number of ether oxygens (including phenoxy) is 6. The van der Waals surface area contributed by atoms with Crippen molar-refractivity contribution in [2.45, 2.75) is 228 Å². The Morgan fingerprint density at radius 3 is 0.932 bits per heavy atom. The number of aromatic amines is 2. The van der Waals surface area contributed by atoms with Crippen LogP contribution in [0.4, 0.5) is 65.9 Å². The molecule has 118 heavy (non-hydrogen) atoms. The first-order valence-electron chi connectivity index (χ1n) is 37.0. The number of alkyl halides is 15. The third-order valence-electron chi connectivity index (χ3n) is 23.5. The van der Waals surface area contributed by atoms with E-state index in [-0.39, 0.29) is 37.2 Å². The van der Waals surface area contributed by atoms with Gasteiger partial charge in [-0.15, -0.1) is 0 Å². The predicted octanol–water partition coefficient (Wildman–Crippen LogP) is 6.42. The molecule has 16 atom stereocenters. The Balaban J connectivity index is 0.000000196. The van der Waals surface area contributed by atoms with Gasteiger partial charge in [-0.05, 0) is 50.0 Å². The van der Waals surface area contributed by atoms with Crippen molar-refractivity contribution in [1.82, 2.24) is 38.7 Å². The van der Waals surface area contributed by atoms with Crippen LogP contribution in [0.3, 0.4) is 0 Å². The number of H-pyrrole nitrogens is 2. The molecule has 2 aromatic rings. The summed E-state index contributed by atoms with van der Waals surface area (Å²) >= 11 is 0. The van der Waals surface area contributed by atoms with Gasteiger partial charge in [-0.2, -0.15) is 0 Å². The largest absolute Gasteiger partial charge is 0.394 e. The summed E-state index contributed by atoms with van der Waals surface area (Å²) in [4.78, 5) is 132. The van der Waals surface area contributed by atoms with Crippen LogP contribution in [0.2, 0.25) is 0 Å². The molecule has 660 valence electrons. The number of aromatic nitrogens is 4. The Bertz CT molecular complexity index is 4070. The number of carbonyl (C=O) groups excluding carboxylic acids is 7. The van der Waals surface area contributed by atoms with Crippen LogP contribution in [0.25, 0.3) is 0 Å². The summed E-state index contributed by atoms with van der Waals surface area (Å²) in [5.74, 6) is -32.5. The minimum atomic E-state index is -3.55. The number of halogens is 15. The van der Waals surface area contributed by atoms with E-state index < -0.39 is 260 Å². The van der Waals surface area contributed by atoms with Crippen LogP contribution in [0, 0.1) is 40.9 Å². The number of carbonyl (C=O) groups is 7. The standard InChI is InChI=1S/C14H19F2NO3.C13H17F3N2O2.C13H16F3NO3.C12H14F3NO4.C11H14F2N2O5.C10H12F2N2O4/c1-4-13(5-2)9(3)14(15,16)12(20-13)17-7-6-10(18)8-11(17)19;1-3-12(7-14)8(2)13(15,16)11(20-12)18-5-4-9(17)6-10(18)19;1-3-12(7-14)8(2)13(15,16)11(20-12)17-5-4-9(18)6-10(17)19;1-7-11(5-13,6-17)20-10(12(7,14)15)16-3-2-8(18)4-9(16)19;1-6-10(4-16,5-17)20-8(11(6,12)13)15-3-2-7(18)14-9(15)19;1-5-6(4-15)18-8(10(5,11)12)14-3-2-7(16)13-9(14)17/h6-7,9,12H,4-5,8H2,1-3H3;4-5,8,11,17H,3,6-7H2,1-2H3;4-5,8,11H,3,6-7H2,1-2H3;2-3,7,10,17H,4-6H2,1H3;2-3,6,8,16-17H,4-5H2,1H3,(H,14,18,19);2-3,5-6,8,15H,4H2,1H3,(H,13,16,17)/t9-,12-;2*8-,11-,12+;7-,10-,11-;6-,8-;5-,6-,8-/m111111/s1. The average molecular weight is 1720 g/mol. The highest BCUT2D eigenvalue weighted by Gasteiger charge is 2.71. The monoisotopic (exact) mass is 1720 g/mol. The molecular weight excluding hydrogens is 1620 g/mol. The van der Waals surface area contributed by atoms with Crippen molar-refractivity contribution in [1.29, 1.82) is 5.41 Å². The lowest BCUT2D eigenvalue weighted by Crippen LogP contribution is -2.48. The van der Waals surface area contributed by atoms with Gasteiger partial charge in [0.2, 0.25) is 61.0 Å². The van der Waals surface area contributed by atoms with Gasteiger partial charge >= 0.3 is 11.4 Å². The van der Waals surface area contributed by atoms with Crippen LogP contribution in [-0.4, -0.2) is 247 Å². The first-order valence-corrected chi connectivity index (χ1v) is 37.0. The van der Waals surface area contributed by atoms with Crippen molar-refractivity contribution in [2.24, 2.45) is 35.5 Å². The molecule has 10 aliphatic heterocycles. The molecule has 6 fully saturated rings. The van der Waals surface area contributed by atoms with E-state index >= 15 is 0 Å². The molecule has 2 aromatic heterocycles. The van der Waals surface area contributed by atoms with Gasteiger partial charge in [-0.3, -0.25) is 81.9 Å². The van der Waals surface area contributed by atoms with E-state index in [9.17, 15) is 129 Å². The average Bonchev–Trinajstić information content (AvgIpc) is 1.60. The fraction of sp³-hybridized carbons (Fsp3) is 0.671. The van der Waals surface area contributed by atoms with Crippen LogP contribution in [0.1, 0.15) is 133 Å². The molecule has 45 heteroatoms. The molecule has 6 saturated heterocycles. The second-order valence-corrected chi connectivity index (χ2v) is 29.8. The van der Waals surface area contributed by atoms with Gasteiger partial charge in [0.25, 0.3) is 46.7 Å². The number of hydrogen-bond donors (Lipinski definition) is 7. The Morgan fingerprint density at radius 2 is 0.669 bits per heavy atom. The number of aliphatic hydroxyl groups is 4. The number of rotatable bonds is 17. The highest BCUT2D eigenvalue weighted by Crippen LogP contribution is 2.56. The van der Waals surface area contributed by atoms with Crippen LogP contribution >= 0.6 is 0 Å². The van der Waals surface area contributed by atoms with Crippen LogP contribution in [-0.2, 0) is 62.0 Å². The van der Waals surface area contributed by atoms with Gasteiger partial charge in [0, 0.05) is 55.0 Å². The Hall–Kier alpha value is -8.57. The maximum absolute atomic E-state index is 14.5. The highest BCUT2D eigenvalue weighted by molar-refractivity contribution is 6.08. The van der Waals surface area contributed by atoms with Crippen molar-refractivity contribution in [3.05, 3.63) is 115 Å². The topological polar surface area (TPSA) is 402 Å². The van der Waals surface area contributed by atoms with Crippen molar-refractivity contribution >= 4 is 46.7 Å². The minimum absolute atomic E-state index is 0.0489. The number of nitrogens with zero attached hydrogens (tertiary/aromatic N) is 6. The lowest BCUT2D eigenvalue weighted by atomic mass is 9.82. The summed E-state index contributed by atoms with van der Waals surface area (Å²) in [7, 11) is 0. The van der Waals surface area contributed by atoms with Gasteiger partial charge in [0.05, 0.1) is 99.3 Å². The molecule has 30 nitrogen and oxygen atoms in total. The maximum atomic E-state index is 14.5. The van der Waals surface area contributed by atoms with Gasteiger partial charge < -0.3 is 54.3 Å². The molecule has 0 aliphatic carbocycles. The number of nitrogens with one attached hydrogen (secondary N) is 3. The molecule has 0 unspecified atom stereocenters. The van der Waals surface area contributed by atoms with E-state index in [0.29, 0.717) is 31.8 Å². The molecule has 10 aliphatic rings. The summed E-state index contributed by atoms with van der Waals surface area (Å²) in [5.41, 5.74) is -11.4. The van der Waals surface area contributed by atoms with Crippen molar-refractivity contribution < 1.29 is 148 Å². The second kappa shape index (κ2) is 36.4. The summed E-state index contributed by atoms with van der Waals surface area (Å²) in [6.45, 7) is 7.53. The fourth-order valence-corrected chi connectivity index (χ4v) is 14.7. The summed E-state index contributed by atoms with van der Waals surface area (Å²) in [6.07, 6.45) is -2.42. The number of ketones is 3. The smallest absolute Gasteiger partial charge is 0.330 e. The molecule has 12 rings (SSSR count). The molecule has 0 bridgehead atoms. The first-order chi connectivity index (χ1) is 54.8.